The molecule has 2 fully saturated rings. The second-order valence-corrected chi connectivity index (χ2v) is 8.23. The summed E-state index contributed by atoms with van der Waals surface area (Å²) < 4.78 is 31.3. The van der Waals surface area contributed by atoms with Gasteiger partial charge in [0, 0.05) is 32.5 Å². The van der Waals surface area contributed by atoms with E-state index in [1.165, 1.54) is 6.07 Å². The molecule has 4 nitrogen and oxygen atoms in total. The highest BCUT2D eigenvalue weighted by atomic mass is 19.3. The van der Waals surface area contributed by atoms with Crippen LogP contribution in [0.25, 0.3) is 0 Å². The van der Waals surface area contributed by atoms with Crippen LogP contribution in [0, 0.1) is 0 Å². The van der Waals surface area contributed by atoms with Crippen molar-refractivity contribution in [2.75, 3.05) is 19.6 Å². The summed E-state index contributed by atoms with van der Waals surface area (Å²) in [6, 6.07) is 6.79. The van der Waals surface area contributed by atoms with Gasteiger partial charge in [-0.05, 0) is 43.4 Å². The van der Waals surface area contributed by atoms with Crippen molar-refractivity contribution in [2.45, 2.75) is 75.6 Å². The van der Waals surface area contributed by atoms with Crippen LogP contribution in [0.2, 0.25) is 0 Å². The van der Waals surface area contributed by atoms with Crippen LogP contribution in [0.4, 0.5) is 8.78 Å². The quantitative estimate of drug-likeness (QED) is 0.782. The Bertz CT molecular complexity index is 606. The maximum absolute atomic E-state index is 13.3. The number of rotatable bonds is 6. The van der Waals surface area contributed by atoms with Gasteiger partial charge >= 0.3 is 6.11 Å². The number of alkyl halides is 2. The van der Waals surface area contributed by atoms with E-state index in [4.69, 9.17) is 4.74 Å². The Morgan fingerprint density at radius 3 is 2.52 bits per heavy atom. The molecule has 1 saturated carbocycles. The summed E-state index contributed by atoms with van der Waals surface area (Å²) in [4.78, 5) is 2.27. The molecule has 1 aliphatic heterocycles. The molecule has 1 saturated heterocycles. The van der Waals surface area contributed by atoms with Gasteiger partial charge in [-0.15, -0.1) is 0 Å². The predicted molar refractivity (Wildman–Crippen MR) is 100 cm³/mol. The SMILES string of the molecule is CC(F)(F)Oc1cccc(C(CN2CCC(O)CC2)C2(O)CCCCC2)c1. The first-order valence-corrected chi connectivity index (χ1v) is 10.0. The summed E-state index contributed by atoms with van der Waals surface area (Å²) in [6.45, 7) is 2.97. The highest BCUT2D eigenvalue weighted by molar-refractivity contribution is 5.33. The Kier molecular flexibility index (Phi) is 6.39. The molecular formula is C21H31F2NO3. The number of piperidine rings is 1. The number of halogens is 2. The average Bonchev–Trinajstić information content (AvgIpc) is 2.60. The summed E-state index contributed by atoms with van der Waals surface area (Å²) in [6.07, 6.45) is 2.51. The van der Waals surface area contributed by atoms with Crippen LogP contribution < -0.4 is 4.74 Å². The van der Waals surface area contributed by atoms with Gasteiger partial charge in [-0.3, -0.25) is 0 Å². The fraction of sp³-hybridized carbons (Fsp3) is 0.714. The normalized spacial score (nSPS) is 23.1. The molecule has 0 radical (unpaired) electrons. The molecule has 6 heteroatoms. The van der Waals surface area contributed by atoms with E-state index in [0.717, 1.165) is 70.5 Å². The minimum Gasteiger partial charge on any atom is -0.433 e. The van der Waals surface area contributed by atoms with Crippen LogP contribution in [0.3, 0.4) is 0 Å². The van der Waals surface area contributed by atoms with Gasteiger partial charge < -0.3 is 19.8 Å². The lowest BCUT2D eigenvalue weighted by Crippen LogP contribution is -2.46. The van der Waals surface area contributed by atoms with Gasteiger partial charge in [0.1, 0.15) is 5.75 Å². The first-order chi connectivity index (χ1) is 12.8. The molecule has 0 aromatic heterocycles. The third-order valence-electron chi connectivity index (χ3n) is 5.92. The monoisotopic (exact) mass is 383 g/mol. The van der Waals surface area contributed by atoms with Crippen LogP contribution >= 0.6 is 0 Å². The van der Waals surface area contributed by atoms with E-state index in [1.54, 1.807) is 12.1 Å². The molecule has 0 amide bonds. The zero-order valence-electron chi connectivity index (χ0n) is 16.0. The van der Waals surface area contributed by atoms with Crippen molar-refractivity contribution < 1.29 is 23.7 Å². The first-order valence-electron chi connectivity index (χ1n) is 10.0. The molecule has 1 aromatic carbocycles. The summed E-state index contributed by atoms with van der Waals surface area (Å²) in [7, 11) is 0. The maximum atomic E-state index is 13.3. The van der Waals surface area contributed by atoms with Gasteiger partial charge in [0.25, 0.3) is 0 Å². The van der Waals surface area contributed by atoms with Gasteiger partial charge in [0.2, 0.25) is 0 Å². The molecule has 2 aliphatic rings. The van der Waals surface area contributed by atoms with E-state index < -0.39 is 11.7 Å². The third-order valence-corrected chi connectivity index (χ3v) is 5.92. The second-order valence-electron chi connectivity index (χ2n) is 8.23. The number of hydrogen-bond donors (Lipinski definition) is 2. The molecule has 27 heavy (non-hydrogen) atoms. The predicted octanol–water partition coefficient (Wildman–Crippen LogP) is 3.91. The van der Waals surface area contributed by atoms with Crippen LogP contribution in [-0.4, -0.2) is 52.6 Å². The highest BCUT2D eigenvalue weighted by Gasteiger charge is 2.40. The minimum atomic E-state index is -3.24. The lowest BCUT2D eigenvalue weighted by atomic mass is 9.72. The summed E-state index contributed by atoms with van der Waals surface area (Å²) in [5.74, 6) is -0.0412. The van der Waals surface area contributed by atoms with Crippen LogP contribution in [0.5, 0.6) is 5.75 Å². The van der Waals surface area contributed by atoms with Gasteiger partial charge in [0.05, 0.1) is 11.7 Å². The molecule has 1 aliphatic carbocycles. The van der Waals surface area contributed by atoms with Gasteiger partial charge in [-0.1, -0.05) is 31.4 Å². The van der Waals surface area contributed by atoms with Crippen LogP contribution in [0.15, 0.2) is 24.3 Å². The average molecular weight is 383 g/mol. The molecule has 0 bridgehead atoms. The van der Waals surface area contributed by atoms with Crippen molar-refractivity contribution in [3.63, 3.8) is 0 Å². The standard InChI is InChI=1S/C21H31F2NO3/c1-20(22,23)27-18-7-5-6-16(14-18)19(21(26)10-3-2-4-11-21)15-24-12-8-17(25)9-13-24/h5-7,14,17,19,25-26H,2-4,8-13,15H2,1H3. The van der Waals surface area contributed by atoms with Crippen molar-refractivity contribution >= 4 is 0 Å². The Balaban J connectivity index is 1.84. The Morgan fingerprint density at radius 2 is 1.89 bits per heavy atom. The molecule has 0 spiro atoms. The smallest absolute Gasteiger partial charge is 0.394 e. The Labute approximate surface area is 160 Å². The number of aliphatic hydroxyl groups is 2. The molecule has 152 valence electrons. The molecular weight excluding hydrogens is 352 g/mol. The summed E-state index contributed by atoms with van der Waals surface area (Å²) in [5, 5.41) is 21.2. The van der Waals surface area contributed by atoms with E-state index in [1.807, 2.05) is 6.07 Å². The zero-order valence-corrected chi connectivity index (χ0v) is 16.0. The topological polar surface area (TPSA) is 52.9 Å². The number of hydrogen-bond acceptors (Lipinski definition) is 4. The van der Waals surface area contributed by atoms with E-state index in [2.05, 4.69) is 4.90 Å². The van der Waals surface area contributed by atoms with Gasteiger partial charge in [-0.25, -0.2) is 0 Å². The number of likely N-dealkylation sites (tertiary alicyclic amines) is 1. The van der Waals surface area contributed by atoms with Crippen molar-refractivity contribution in [1.82, 2.24) is 4.90 Å². The van der Waals surface area contributed by atoms with Crippen molar-refractivity contribution in [3.05, 3.63) is 29.8 Å². The van der Waals surface area contributed by atoms with E-state index >= 15 is 0 Å². The molecule has 3 rings (SSSR count). The van der Waals surface area contributed by atoms with E-state index in [0.29, 0.717) is 6.54 Å². The number of ether oxygens (including phenoxy) is 1. The van der Waals surface area contributed by atoms with Crippen molar-refractivity contribution in [3.8, 4) is 5.75 Å². The second kappa shape index (κ2) is 8.41. The lowest BCUT2D eigenvalue weighted by molar-refractivity contribution is -0.159. The first kappa shape index (κ1) is 20.5. The number of aliphatic hydroxyl groups excluding tert-OH is 1. The van der Waals surface area contributed by atoms with Crippen LogP contribution in [-0.2, 0) is 0 Å². The Hall–Kier alpha value is -1.24. The van der Waals surface area contributed by atoms with Crippen molar-refractivity contribution in [2.24, 2.45) is 0 Å². The molecule has 1 aromatic rings. The minimum absolute atomic E-state index is 0.124. The highest BCUT2D eigenvalue weighted by Crippen LogP contribution is 2.41. The fourth-order valence-electron chi connectivity index (χ4n) is 4.46. The van der Waals surface area contributed by atoms with Gasteiger partial charge in [-0.2, -0.15) is 8.78 Å². The molecule has 1 unspecified atom stereocenters. The van der Waals surface area contributed by atoms with Crippen LogP contribution in [0.1, 0.15) is 63.4 Å². The summed E-state index contributed by atoms with van der Waals surface area (Å²) >= 11 is 0. The third kappa shape index (κ3) is 5.62. The molecule has 1 atom stereocenters. The van der Waals surface area contributed by atoms with E-state index in [9.17, 15) is 19.0 Å². The molecule has 1 heterocycles. The van der Waals surface area contributed by atoms with Crippen molar-refractivity contribution in [1.29, 1.82) is 0 Å². The Morgan fingerprint density at radius 1 is 1.22 bits per heavy atom. The lowest BCUT2D eigenvalue weighted by Gasteiger charge is -2.43. The summed E-state index contributed by atoms with van der Waals surface area (Å²) in [5.41, 5.74) is 0.00839. The van der Waals surface area contributed by atoms with Gasteiger partial charge in [0.15, 0.2) is 0 Å². The largest absolute Gasteiger partial charge is 0.433 e. The zero-order chi connectivity index (χ0) is 19.5. The number of nitrogens with zero attached hydrogens (tertiary/aromatic N) is 1. The fourth-order valence-corrected chi connectivity index (χ4v) is 4.46. The maximum Gasteiger partial charge on any atom is 0.394 e. The van der Waals surface area contributed by atoms with E-state index in [-0.39, 0.29) is 17.8 Å². The number of benzene rings is 1. The molecule has 2 N–H and O–H groups in total.